The Bertz CT molecular complexity index is 1070. The number of halogens is 2. The lowest BCUT2D eigenvalue weighted by atomic mass is 9.99. The highest BCUT2D eigenvalue weighted by molar-refractivity contribution is 7.13. The summed E-state index contributed by atoms with van der Waals surface area (Å²) in [6, 6.07) is 13.3. The molecule has 0 aliphatic rings. The van der Waals surface area contributed by atoms with E-state index in [0.29, 0.717) is 22.9 Å². The van der Waals surface area contributed by atoms with Gasteiger partial charge in [-0.2, -0.15) is 10.5 Å². The highest BCUT2D eigenvalue weighted by Gasteiger charge is 2.27. The normalized spacial score (nSPS) is 10.1. The van der Waals surface area contributed by atoms with Gasteiger partial charge in [-0.05, 0) is 30.5 Å². The van der Waals surface area contributed by atoms with Gasteiger partial charge in [-0.1, -0.05) is 18.2 Å². The molecule has 0 saturated carbocycles. The number of ether oxygens (including phenoxy) is 1. The van der Waals surface area contributed by atoms with Crippen LogP contribution in [0.3, 0.4) is 0 Å². The van der Waals surface area contributed by atoms with Gasteiger partial charge in [-0.3, -0.25) is 0 Å². The minimum atomic E-state index is -0.981. The molecule has 0 unspecified atom stereocenters. The third-order valence-corrected chi connectivity index (χ3v) is 4.70. The average molecular weight is 381 g/mol. The van der Waals surface area contributed by atoms with E-state index in [2.05, 4.69) is 5.32 Å². The Kier molecular flexibility index (Phi) is 5.35. The third kappa shape index (κ3) is 3.33. The molecule has 1 heterocycles. The Labute approximate surface area is 158 Å². The van der Waals surface area contributed by atoms with Crippen LogP contribution in [-0.2, 0) is 0 Å². The van der Waals surface area contributed by atoms with Crippen LogP contribution >= 0.6 is 11.3 Å². The second kappa shape index (κ2) is 7.86. The Hall–Kier alpha value is -3.42. The summed E-state index contributed by atoms with van der Waals surface area (Å²) >= 11 is 1.20. The Morgan fingerprint density at radius 3 is 2.37 bits per heavy atom. The van der Waals surface area contributed by atoms with Gasteiger partial charge in [0.1, 0.15) is 29.0 Å². The van der Waals surface area contributed by atoms with Crippen LogP contribution in [0.5, 0.6) is 5.75 Å². The standard InChI is InChI=1S/C20H13F2N3OS/c1-2-26-15-7-4-3-6-14(15)25-20-17(16-8-5-9-27-16)18(21)12(10-23)13(11-24)19(20)22/h3-9,25H,2H2,1H3. The molecule has 0 fully saturated rings. The zero-order valence-electron chi connectivity index (χ0n) is 14.2. The van der Waals surface area contributed by atoms with E-state index in [-0.39, 0.29) is 11.3 Å². The fourth-order valence-electron chi connectivity index (χ4n) is 2.65. The van der Waals surface area contributed by atoms with Gasteiger partial charge in [-0.15, -0.1) is 11.3 Å². The van der Waals surface area contributed by atoms with Crippen LogP contribution in [0.15, 0.2) is 41.8 Å². The molecule has 1 N–H and O–H groups in total. The van der Waals surface area contributed by atoms with E-state index < -0.39 is 22.8 Å². The molecule has 7 heteroatoms. The van der Waals surface area contributed by atoms with E-state index in [1.165, 1.54) is 11.3 Å². The number of hydrogen-bond acceptors (Lipinski definition) is 5. The first-order valence-electron chi connectivity index (χ1n) is 8.00. The molecule has 0 saturated heterocycles. The van der Waals surface area contributed by atoms with Crippen molar-refractivity contribution in [2.75, 3.05) is 11.9 Å². The van der Waals surface area contributed by atoms with E-state index in [0.717, 1.165) is 0 Å². The Morgan fingerprint density at radius 2 is 1.74 bits per heavy atom. The number of nitriles is 2. The van der Waals surface area contributed by atoms with Crippen molar-refractivity contribution in [3.8, 4) is 28.3 Å². The SMILES string of the molecule is CCOc1ccccc1Nc1c(F)c(C#N)c(C#N)c(F)c1-c1cccs1. The number of hydrogen-bond donors (Lipinski definition) is 1. The maximum atomic E-state index is 15.1. The molecule has 2 aromatic carbocycles. The number of nitrogens with one attached hydrogen (secondary N) is 1. The summed E-state index contributed by atoms with van der Waals surface area (Å²) in [6.45, 7) is 2.20. The van der Waals surface area contributed by atoms with E-state index in [1.807, 2.05) is 6.92 Å². The van der Waals surface area contributed by atoms with Crippen LogP contribution in [0, 0.1) is 34.3 Å². The molecule has 0 atom stereocenters. The predicted octanol–water partition coefficient (Wildman–Crippen LogP) is 5.58. The first-order valence-corrected chi connectivity index (χ1v) is 8.88. The number of nitrogens with zero attached hydrogens (tertiary/aromatic N) is 2. The van der Waals surface area contributed by atoms with Crippen LogP contribution in [-0.4, -0.2) is 6.61 Å². The van der Waals surface area contributed by atoms with Crippen LogP contribution in [0.4, 0.5) is 20.2 Å². The van der Waals surface area contributed by atoms with Crippen molar-refractivity contribution in [3.63, 3.8) is 0 Å². The highest BCUT2D eigenvalue weighted by Crippen LogP contribution is 2.41. The van der Waals surface area contributed by atoms with Crippen molar-refractivity contribution >= 4 is 22.7 Å². The molecule has 27 heavy (non-hydrogen) atoms. The maximum absolute atomic E-state index is 15.1. The van der Waals surface area contributed by atoms with Crippen LogP contribution in [0.2, 0.25) is 0 Å². The molecular formula is C20H13F2N3OS. The topological polar surface area (TPSA) is 68.8 Å². The van der Waals surface area contributed by atoms with E-state index in [1.54, 1.807) is 53.9 Å². The summed E-state index contributed by atoms with van der Waals surface area (Å²) in [5.41, 5.74) is -1.13. The zero-order chi connectivity index (χ0) is 19.4. The molecular weight excluding hydrogens is 368 g/mol. The number of benzene rings is 2. The van der Waals surface area contributed by atoms with Gasteiger partial charge < -0.3 is 10.1 Å². The summed E-state index contributed by atoms with van der Waals surface area (Å²) in [5.74, 6) is -1.46. The largest absolute Gasteiger partial charge is 0.492 e. The van der Waals surface area contributed by atoms with Crippen molar-refractivity contribution in [1.82, 2.24) is 0 Å². The average Bonchev–Trinajstić information content (AvgIpc) is 3.20. The molecule has 0 spiro atoms. The lowest BCUT2D eigenvalue weighted by Gasteiger charge is -2.17. The summed E-state index contributed by atoms with van der Waals surface area (Å²) in [6.07, 6.45) is 0. The minimum Gasteiger partial charge on any atom is -0.492 e. The number of anilines is 2. The molecule has 3 aromatic rings. The van der Waals surface area contributed by atoms with Crippen molar-refractivity contribution < 1.29 is 13.5 Å². The van der Waals surface area contributed by atoms with Crippen molar-refractivity contribution in [2.24, 2.45) is 0 Å². The van der Waals surface area contributed by atoms with E-state index >= 15 is 8.78 Å². The summed E-state index contributed by atoms with van der Waals surface area (Å²) in [5, 5.41) is 23.0. The van der Waals surface area contributed by atoms with Gasteiger partial charge in [-0.25, -0.2) is 8.78 Å². The van der Waals surface area contributed by atoms with Crippen LogP contribution < -0.4 is 10.1 Å². The fraction of sp³-hybridized carbons (Fsp3) is 0.100. The lowest BCUT2D eigenvalue weighted by molar-refractivity contribution is 0.342. The van der Waals surface area contributed by atoms with E-state index in [9.17, 15) is 10.5 Å². The monoisotopic (exact) mass is 381 g/mol. The third-order valence-electron chi connectivity index (χ3n) is 3.82. The van der Waals surface area contributed by atoms with Gasteiger partial charge in [0.05, 0.1) is 23.5 Å². The molecule has 4 nitrogen and oxygen atoms in total. The molecule has 3 rings (SSSR count). The predicted molar refractivity (Wildman–Crippen MR) is 100.0 cm³/mol. The van der Waals surface area contributed by atoms with Crippen molar-refractivity contribution in [1.29, 1.82) is 10.5 Å². The molecule has 0 aliphatic carbocycles. The van der Waals surface area contributed by atoms with Gasteiger partial charge in [0.15, 0.2) is 11.6 Å². The van der Waals surface area contributed by atoms with Gasteiger partial charge >= 0.3 is 0 Å². The van der Waals surface area contributed by atoms with Gasteiger partial charge in [0.2, 0.25) is 0 Å². The van der Waals surface area contributed by atoms with Gasteiger partial charge in [0.25, 0.3) is 0 Å². The summed E-state index contributed by atoms with van der Waals surface area (Å²) in [7, 11) is 0. The molecule has 0 bridgehead atoms. The van der Waals surface area contributed by atoms with Crippen molar-refractivity contribution in [2.45, 2.75) is 6.92 Å². The Balaban J connectivity index is 2.28. The molecule has 0 amide bonds. The Morgan fingerprint density at radius 1 is 1.04 bits per heavy atom. The quantitative estimate of drug-likeness (QED) is 0.626. The fourth-order valence-corrected chi connectivity index (χ4v) is 3.42. The second-order valence-corrected chi connectivity index (χ2v) is 6.33. The van der Waals surface area contributed by atoms with Gasteiger partial charge in [0, 0.05) is 4.88 Å². The summed E-state index contributed by atoms with van der Waals surface area (Å²) in [4.78, 5) is 0.434. The molecule has 134 valence electrons. The lowest BCUT2D eigenvalue weighted by Crippen LogP contribution is -2.06. The molecule has 0 radical (unpaired) electrons. The highest BCUT2D eigenvalue weighted by atomic mass is 32.1. The van der Waals surface area contributed by atoms with Crippen LogP contribution in [0.25, 0.3) is 10.4 Å². The molecule has 1 aromatic heterocycles. The molecule has 0 aliphatic heterocycles. The number of rotatable bonds is 5. The smallest absolute Gasteiger partial charge is 0.166 e. The minimum absolute atomic E-state index is 0.0932. The first kappa shape index (κ1) is 18.4. The van der Waals surface area contributed by atoms with Crippen LogP contribution in [0.1, 0.15) is 18.1 Å². The maximum Gasteiger partial charge on any atom is 0.166 e. The number of thiophene rings is 1. The number of para-hydroxylation sites is 2. The second-order valence-electron chi connectivity index (χ2n) is 5.38. The van der Waals surface area contributed by atoms with E-state index in [4.69, 9.17) is 4.74 Å². The first-order chi connectivity index (χ1) is 13.1. The summed E-state index contributed by atoms with van der Waals surface area (Å²) < 4.78 is 35.7. The van der Waals surface area contributed by atoms with Crippen molar-refractivity contribution in [3.05, 3.63) is 64.5 Å². The zero-order valence-corrected chi connectivity index (χ0v) is 15.0.